The third-order valence-electron chi connectivity index (χ3n) is 1.85. The Morgan fingerprint density at radius 1 is 1.50 bits per heavy atom. The molecule has 1 unspecified atom stereocenters. The van der Waals surface area contributed by atoms with Crippen molar-refractivity contribution >= 4 is 10.8 Å². The summed E-state index contributed by atoms with van der Waals surface area (Å²) in [6.45, 7) is 3.54. The number of hydrogen-bond donors (Lipinski definition) is 1. The fourth-order valence-corrected chi connectivity index (χ4v) is 1.47. The molecule has 0 aliphatic carbocycles. The van der Waals surface area contributed by atoms with Crippen molar-refractivity contribution in [2.75, 3.05) is 18.6 Å². The molecule has 0 radical (unpaired) electrons. The summed E-state index contributed by atoms with van der Waals surface area (Å²) in [5.74, 6) is 0.700. The largest absolute Gasteiger partial charge is 0.310 e. The molecule has 0 amide bonds. The molecule has 1 heterocycles. The van der Waals surface area contributed by atoms with E-state index in [4.69, 9.17) is 0 Å². The Hall–Kier alpha value is -0.740. The average molecular weight is 212 g/mol. The lowest BCUT2D eigenvalue weighted by Crippen LogP contribution is -2.20. The first-order chi connectivity index (χ1) is 6.68. The van der Waals surface area contributed by atoms with Crippen LogP contribution in [0.5, 0.6) is 0 Å². The van der Waals surface area contributed by atoms with Gasteiger partial charge in [-0.25, -0.2) is 0 Å². The van der Waals surface area contributed by atoms with Crippen LogP contribution in [0.25, 0.3) is 0 Å². The van der Waals surface area contributed by atoms with Crippen LogP contribution < -0.4 is 5.32 Å². The van der Waals surface area contributed by atoms with Gasteiger partial charge in [0.25, 0.3) is 0 Å². The second kappa shape index (κ2) is 5.88. The van der Waals surface area contributed by atoms with Gasteiger partial charge in [0.1, 0.15) is 0 Å². The number of nitrogens with one attached hydrogen (secondary N) is 1. The Bertz CT molecular complexity index is 297. The maximum absolute atomic E-state index is 10.8. The number of aromatic nitrogens is 1. The van der Waals surface area contributed by atoms with Crippen LogP contribution in [0.4, 0.5) is 0 Å². The minimum absolute atomic E-state index is 0.700. The molecule has 1 N–H and O–H groups in total. The van der Waals surface area contributed by atoms with Gasteiger partial charge in [-0.05, 0) is 18.6 Å². The Morgan fingerprint density at radius 2 is 2.29 bits per heavy atom. The Morgan fingerprint density at radius 3 is 2.86 bits per heavy atom. The fourth-order valence-electron chi connectivity index (χ4n) is 1.04. The smallest absolute Gasteiger partial charge is 0.0541 e. The van der Waals surface area contributed by atoms with Crippen molar-refractivity contribution in [3.63, 3.8) is 0 Å². The van der Waals surface area contributed by atoms with Gasteiger partial charge in [-0.1, -0.05) is 6.07 Å². The number of aryl methyl sites for hydroxylation is 1. The van der Waals surface area contributed by atoms with Gasteiger partial charge in [0.15, 0.2) is 0 Å². The van der Waals surface area contributed by atoms with E-state index in [1.807, 2.05) is 25.3 Å². The summed E-state index contributed by atoms with van der Waals surface area (Å²) in [7, 11) is -0.710. The molecule has 0 saturated carbocycles. The normalized spacial score (nSPS) is 12.7. The van der Waals surface area contributed by atoms with Gasteiger partial charge in [0.05, 0.1) is 5.69 Å². The highest BCUT2D eigenvalue weighted by Gasteiger charge is 1.94. The highest BCUT2D eigenvalue weighted by molar-refractivity contribution is 7.84. The highest BCUT2D eigenvalue weighted by Crippen LogP contribution is 1.97. The van der Waals surface area contributed by atoms with E-state index >= 15 is 0 Å². The van der Waals surface area contributed by atoms with Crippen LogP contribution in [-0.2, 0) is 17.3 Å². The van der Waals surface area contributed by atoms with Crippen molar-refractivity contribution in [2.45, 2.75) is 13.5 Å². The van der Waals surface area contributed by atoms with Crippen molar-refractivity contribution in [1.82, 2.24) is 10.3 Å². The van der Waals surface area contributed by atoms with E-state index in [1.54, 1.807) is 6.26 Å². The first-order valence-corrected chi connectivity index (χ1v) is 6.33. The van der Waals surface area contributed by atoms with E-state index in [0.29, 0.717) is 5.75 Å². The molecule has 0 fully saturated rings. The fraction of sp³-hybridized carbons (Fsp3) is 0.500. The SMILES string of the molecule is Cc1ccc(CNCCS(C)=O)nc1. The molecular formula is C10H16N2OS. The van der Waals surface area contributed by atoms with E-state index in [1.165, 1.54) is 5.56 Å². The molecule has 1 atom stereocenters. The lowest BCUT2D eigenvalue weighted by molar-refractivity contribution is 0.674. The van der Waals surface area contributed by atoms with Crippen LogP contribution in [0, 0.1) is 6.92 Å². The van der Waals surface area contributed by atoms with E-state index in [-0.39, 0.29) is 0 Å². The van der Waals surface area contributed by atoms with Gasteiger partial charge in [0, 0.05) is 42.1 Å². The molecule has 1 rings (SSSR count). The lowest BCUT2D eigenvalue weighted by atomic mass is 10.3. The molecule has 3 nitrogen and oxygen atoms in total. The molecule has 78 valence electrons. The quantitative estimate of drug-likeness (QED) is 0.736. The van der Waals surface area contributed by atoms with Gasteiger partial charge in [-0.2, -0.15) is 0 Å². The van der Waals surface area contributed by atoms with Crippen LogP contribution in [0.3, 0.4) is 0 Å². The summed E-state index contributed by atoms with van der Waals surface area (Å²) in [6, 6.07) is 4.05. The van der Waals surface area contributed by atoms with Crippen molar-refractivity contribution < 1.29 is 4.21 Å². The number of hydrogen-bond acceptors (Lipinski definition) is 3. The van der Waals surface area contributed by atoms with Gasteiger partial charge >= 0.3 is 0 Å². The third kappa shape index (κ3) is 4.48. The third-order valence-corrected chi connectivity index (χ3v) is 2.62. The van der Waals surface area contributed by atoms with Crippen LogP contribution in [0.1, 0.15) is 11.3 Å². The number of nitrogens with zero attached hydrogens (tertiary/aromatic N) is 1. The highest BCUT2D eigenvalue weighted by atomic mass is 32.2. The number of pyridine rings is 1. The van der Waals surface area contributed by atoms with Crippen molar-refractivity contribution in [1.29, 1.82) is 0 Å². The van der Waals surface area contributed by atoms with Gasteiger partial charge in [-0.3, -0.25) is 9.19 Å². The summed E-state index contributed by atoms with van der Waals surface area (Å²) in [5, 5.41) is 3.20. The first kappa shape index (κ1) is 11.3. The minimum atomic E-state index is -0.710. The van der Waals surface area contributed by atoms with Gasteiger partial charge in [0.2, 0.25) is 0 Å². The Kier molecular flexibility index (Phi) is 4.76. The molecular weight excluding hydrogens is 196 g/mol. The second-order valence-corrected chi connectivity index (χ2v) is 4.84. The van der Waals surface area contributed by atoms with E-state index in [0.717, 1.165) is 18.8 Å². The van der Waals surface area contributed by atoms with E-state index in [2.05, 4.69) is 10.3 Å². The topological polar surface area (TPSA) is 42.0 Å². The summed E-state index contributed by atoms with van der Waals surface area (Å²) in [6.07, 6.45) is 3.57. The molecule has 14 heavy (non-hydrogen) atoms. The standard InChI is InChI=1S/C10H16N2OS/c1-9-3-4-10(12-7-9)8-11-5-6-14(2)13/h3-4,7,11H,5-6,8H2,1-2H3. The predicted molar refractivity (Wildman–Crippen MR) is 59.6 cm³/mol. The molecule has 0 spiro atoms. The Balaban J connectivity index is 2.25. The summed E-state index contributed by atoms with van der Waals surface area (Å²) in [5.41, 5.74) is 2.20. The molecule has 0 bridgehead atoms. The van der Waals surface area contributed by atoms with Gasteiger partial charge in [-0.15, -0.1) is 0 Å². The van der Waals surface area contributed by atoms with Crippen LogP contribution in [-0.4, -0.2) is 27.7 Å². The molecule has 0 aliphatic heterocycles. The molecule has 0 saturated heterocycles. The van der Waals surface area contributed by atoms with Gasteiger partial charge < -0.3 is 5.32 Å². The maximum Gasteiger partial charge on any atom is 0.0541 e. The second-order valence-electron chi connectivity index (χ2n) is 3.28. The van der Waals surface area contributed by atoms with Crippen molar-refractivity contribution in [2.24, 2.45) is 0 Å². The monoisotopic (exact) mass is 212 g/mol. The van der Waals surface area contributed by atoms with E-state index in [9.17, 15) is 4.21 Å². The molecule has 0 aliphatic rings. The molecule has 1 aromatic rings. The molecule has 0 aromatic carbocycles. The zero-order valence-corrected chi connectivity index (χ0v) is 9.43. The molecule has 1 aromatic heterocycles. The predicted octanol–water partition coefficient (Wildman–Crippen LogP) is 0.858. The summed E-state index contributed by atoms with van der Waals surface area (Å²) < 4.78 is 10.8. The lowest BCUT2D eigenvalue weighted by Gasteiger charge is -2.02. The van der Waals surface area contributed by atoms with Crippen molar-refractivity contribution in [3.05, 3.63) is 29.6 Å². The van der Waals surface area contributed by atoms with Crippen LogP contribution >= 0.6 is 0 Å². The average Bonchev–Trinajstić information content (AvgIpc) is 2.15. The minimum Gasteiger partial charge on any atom is -0.310 e. The summed E-state index contributed by atoms with van der Waals surface area (Å²) in [4.78, 5) is 4.26. The zero-order valence-electron chi connectivity index (χ0n) is 8.62. The van der Waals surface area contributed by atoms with E-state index < -0.39 is 10.8 Å². The van der Waals surface area contributed by atoms with Crippen LogP contribution in [0.2, 0.25) is 0 Å². The zero-order chi connectivity index (χ0) is 10.4. The van der Waals surface area contributed by atoms with Crippen LogP contribution in [0.15, 0.2) is 18.3 Å². The first-order valence-electron chi connectivity index (χ1n) is 4.61. The number of rotatable bonds is 5. The Labute approximate surface area is 87.4 Å². The maximum atomic E-state index is 10.8. The molecule has 4 heteroatoms. The van der Waals surface area contributed by atoms with Crippen molar-refractivity contribution in [3.8, 4) is 0 Å². The summed E-state index contributed by atoms with van der Waals surface area (Å²) >= 11 is 0.